The summed E-state index contributed by atoms with van der Waals surface area (Å²) in [5.41, 5.74) is 0.428. The summed E-state index contributed by atoms with van der Waals surface area (Å²) < 4.78 is 29.4. The first-order valence-electron chi connectivity index (χ1n) is 10.5. The average Bonchev–Trinajstić information content (AvgIpc) is 3.10. The van der Waals surface area contributed by atoms with Crippen LogP contribution < -0.4 is 14.9 Å². The Morgan fingerprint density at radius 3 is 2.39 bits per heavy atom. The molecule has 0 aliphatic carbocycles. The first kappa shape index (κ1) is 23.5. The van der Waals surface area contributed by atoms with Crippen molar-refractivity contribution in [2.24, 2.45) is 13.0 Å². The van der Waals surface area contributed by atoms with Crippen LogP contribution in [0.2, 0.25) is 19.6 Å². The van der Waals surface area contributed by atoms with Crippen LogP contribution in [-0.2, 0) is 17.1 Å². The molecule has 31 heavy (non-hydrogen) atoms. The number of anilines is 1. The summed E-state index contributed by atoms with van der Waals surface area (Å²) in [6.07, 6.45) is 2.36. The molecule has 1 amide bonds. The Kier molecular flexibility index (Phi) is 5.85. The molecule has 3 rings (SSSR count). The molecule has 1 fully saturated rings. The number of nitrogens with one attached hydrogen (secondary N) is 1. The highest BCUT2D eigenvalue weighted by atomic mass is 32.2. The van der Waals surface area contributed by atoms with Crippen LogP contribution in [0.1, 0.15) is 43.2 Å². The maximum absolute atomic E-state index is 13.2. The van der Waals surface area contributed by atoms with Gasteiger partial charge >= 0.3 is 0 Å². The summed E-state index contributed by atoms with van der Waals surface area (Å²) in [6.45, 7) is 15.4. The maximum atomic E-state index is 13.2. The Balaban J connectivity index is 2.06. The molecular formula is C21H33N5O3SSi. The number of aryl methyl sites for hydroxylation is 2. The Labute approximate surface area is 186 Å². The van der Waals surface area contributed by atoms with Crippen LogP contribution in [0.25, 0.3) is 0 Å². The van der Waals surface area contributed by atoms with Gasteiger partial charge in [0, 0.05) is 30.6 Å². The Morgan fingerprint density at radius 1 is 1.26 bits per heavy atom. The average molecular weight is 464 g/mol. The quantitative estimate of drug-likeness (QED) is 0.684. The highest BCUT2D eigenvalue weighted by Gasteiger charge is 2.39. The molecule has 0 saturated carbocycles. The van der Waals surface area contributed by atoms with E-state index in [0.29, 0.717) is 17.4 Å². The zero-order valence-corrected chi connectivity index (χ0v) is 21.5. The lowest BCUT2D eigenvalue weighted by molar-refractivity contribution is 0.0981. The lowest BCUT2D eigenvalue weighted by Crippen LogP contribution is -2.45. The second kappa shape index (κ2) is 7.74. The van der Waals surface area contributed by atoms with Crippen LogP contribution in [0.5, 0.6) is 0 Å². The number of nitrogens with zero attached hydrogens (tertiary/aromatic N) is 4. The number of pyridine rings is 1. The number of rotatable bonds is 5. The Morgan fingerprint density at radius 2 is 1.90 bits per heavy atom. The molecule has 1 N–H and O–H groups in total. The van der Waals surface area contributed by atoms with Gasteiger partial charge in [-0.1, -0.05) is 26.6 Å². The summed E-state index contributed by atoms with van der Waals surface area (Å²) in [5.74, 6) is 0.332. The zero-order chi connectivity index (χ0) is 23.4. The van der Waals surface area contributed by atoms with E-state index in [9.17, 15) is 13.2 Å². The van der Waals surface area contributed by atoms with Gasteiger partial charge in [0.25, 0.3) is 15.9 Å². The molecule has 3 heterocycles. The number of carbonyl (C=O) groups is 1. The first-order valence-corrected chi connectivity index (χ1v) is 15.5. The van der Waals surface area contributed by atoms with Crippen molar-refractivity contribution in [3.8, 4) is 0 Å². The topological polar surface area (TPSA) is 97.2 Å². The molecule has 1 saturated heterocycles. The maximum Gasteiger partial charge on any atom is 0.268 e. The third-order valence-corrected chi connectivity index (χ3v) is 8.95. The smallest absolute Gasteiger partial charge is 0.268 e. The molecule has 1 atom stereocenters. The van der Waals surface area contributed by atoms with E-state index in [1.807, 2.05) is 6.07 Å². The predicted molar refractivity (Wildman–Crippen MR) is 125 cm³/mol. The van der Waals surface area contributed by atoms with Gasteiger partial charge in [0.15, 0.2) is 0 Å². The monoisotopic (exact) mass is 463 g/mol. The van der Waals surface area contributed by atoms with Crippen molar-refractivity contribution in [1.82, 2.24) is 19.5 Å². The summed E-state index contributed by atoms with van der Waals surface area (Å²) in [5, 5.41) is 5.06. The number of amides is 1. The van der Waals surface area contributed by atoms with Gasteiger partial charge in [0.2, 0.25) is 0 Å². The minimum Gasteiger partial charge on any atom is -0.351 e. The van der Waals surface area contributed by atoms with Crippen LogP contribution in [0, 0.1) is 12.8 Å². The number of aromatic nitrogens is 3. The molecule has 0 bridgehead atoms. The molecule has 2 aromatic rings. The van der Waals surface area contributed by atoms with Crippen LogP contribution >= 0.6 is 0 Å². The third-order valence-electron chi connectivity index (χ3n) is 5.70. The highest BCUT2D eigenvalue weighted by Crippen LogP contribution is 2.37. The van der Waals surface area contributed by atoms with E-state index < -0.39 is 24.0 Å². The molecule has 0 unspecified atom stereocenters. The molecule has 0 radical (unpaired) electrons. The van der Waals surface area contributed by atoms with E-state index in [0.717, 1.165) is 18.3 Å². The van der Waals surface area contributed by atoms with Gasteiger partial charge < -0.3 is 4.90 Å². The van der Waals surface area contributed by atoms with E-state index in [-0.39, 0.29) is 16.0 Å². The van der Waals surface area contributed by atoms with E-state index in [2.05, 4.69) is 55.1 Å². The van der Waals surface area contributed by atoms with Crippen molar-refractivity contribution in [2.45, 2.75) is 64.2 Å². The van der Waals surface area contributed by atoms with Gasteiger partial charge in [-0.05, 0) is 45.2 Å². The van der Waals surface area contributed by atoms with E-state index in [1.54, 1.807) is 20.0 Å². The lowest BCUT2D eigenvalue weighted by Gasteiger charge is -2.34. The fraction of sp³-hybridized carbons (Fsp3) is 0.571. The van der Waals surface area contributed by atoms with Gasteiger partial charge in [0.05, 0.1) is 11.3 Å². The Hall–Kier alpha value is -2.20. The van der Waals surface area contributed by atoms with Gasteiger partial charge in [0.1, 0.15) is 18.8 Å². The number of hydrogen-bond donors (Lipinski definition) is 1. The summed E-state index contributed by atoms with van der Waals surface area (Å²) in [4.78, 5) is 20.3. The molecule has 1 aliphatic heterocycles. The molecule has 2 aromatic heterocycles. The van der Waals surface area contributed by atoms with E-state index in [1.165, 1.54) is 10.9 Å². The van der Waals surface area contributed by atoms with Crippen molar-refractivity contribution in [3.63, 3.8) is 0 Å². The van der Waals surface area contributed by atoms with Crippen molar-refractivity contribution in [1.29, 1.82) is 0 Å². The Bertz CT molecular complexity index is 1120. The van der Waals surface area contributed by atoms with E-state index in [4.69, 9.17) is 4.98 Å². The van der Waals surface area contributed by atoms with Crippen molar-refractivity contribution >= 4 is 35.1 Å². The van der Waals surface area contributed by atoms with Gasteiger partial charge in [-0.15, -0.1) is 0 Å². The number of carbonyl (C=O) groups excluding carboxylic acids is 1. The number of hydrogen-bond acceptors (Lipinski definition) is 6. The molecule has 170 valence electrons. The summed E-state index contributed by atoms with van der Waals surface area (Å²) in [6, 6.07) is 3.58. The lowest BCUT2D eigenvalue weighted by atomic mass is 9.97. The summed E-state index contributed by atoms with van der Waals surface area (Å²) >= 11 is 0. The van der Waals surface area contributed by atoms with Crippen molar-refractivity contribution in [2.75, 3.05) is 11.4 Å². The first-order chi connectivity index (χ1) is 14.1. The zero-order valence-electron chi connectivity index (χ0n) is 19.6. The normalized spacial score (nSPS) is 19.0. The minimum absolute atomic E-state index is 0.00768. The molecule has 0 aromatic carbocycles. The van der Waals surface area contributed by atoms with Gasteiger partial charge in [-0.2, -0.15) is 5.10 Å². The standard InChI is InChI=1S/C21H33N5O3SSi/c1-14-11-21(3,4)26(12-14)19-16(9-10-18(22-19)31(6,7)8)20(27)24-30(28,29)17-13-25(5)23-15(17)2/h9-10,13-14H,11-12H2,1-8H3,(H,24,27)/t14-/m0/s1. The van der Waals surface area contributed by atoms with Gasteiger partial charge in [-0.3, -0.25) is 9.48 Å². The highest BCUT2D eigenvalue weighted by molar-refractivity contribution is 7.90. The van der Waals surface area contributed by atoms with Crippen molar-refractivity contribution in [3.05, 3.63) is 29.6 Å². The van der Waals surface area contributed by atoms with Crippen LogP contribution in [0.4, 0.5) is 5.82 Å². The SMILES string of the molecule is Cc1nn(C)cc1S(=O)(=O)NC(=O)c1ccc([Si](C)(C)C)nc1N1C[C@@H](C)CC1(C)C. The van der Waals surface area contributed by atoms with Crippen molar-refractivity contribution < 1.29 is 13.2 Å². The van der Waals surface area contributed by atoms with Crippen LogP contribution in [0.15, 0.2) is 23.2 Å². The van der Waals surface area contributed by atoms with Crippen LogP contribution in [-0.4, -0.2) is 49.2 Å². The summed E-state index contributed by atoms with van der Waals surface area (Å²) in [7, 11) is -4.16. The third kappa shape index (κ3) is 4.69. The van der Waals surface area contributed by atoms with Crippen LogP contribution in [0.3, 0.4) is 0 Å². The fourth-order valence-electron chi connectivity index (χ4n) is 4.28. The molecular weight excluding hydrogens is 430 g/mol. The predicted octanol–water partition coefficient (Wildman–Crippen LogP) is 2.41. The molecule has 1 aliphatic rings. The number of sulfonamides is 1. The van der Waals surface area contributed by atoms with E-state index >= 15 is 0 Å². The molecule has 10 heteroatoms. The second-order valence-corrected chi connectivity index (χ2v) is 16.9. The minimum atomic E-state index is -4.06. The molecule has 8 nitrogen and oxygen atoms in total. The largest absolute Gasteiger partial charge is 0.351 e. The fourth-order valence-corrected chi connectivity index (χ4v) is 6.49. The second-order valence-electron chi connectivity index (χ2n) is 10.2. The van der Waals surface area contributed by atoms with Gasteiger partial charge in [-0.25, -0.2) is 18.1 Å². The molecule has 0 spiro atoms.